The number of thiophene rings is 1. The van der Waals surface area contributed by atoms with Gasteiger partial charge >= 0.3 is 5.97 Å². The van der Waals surface area contributed by atoms with E-state index in [1.807, 2.05) is 6.07 Å². The Morgan fingerprint density at radius 1 is 1.08 bits per heavy atom. The number of amides is 1. The molecule has 0 bridgehead atoms. The van der Waals surface area contributed by atoms with Crippen molar-refractivity contribution in [1.82, 2.24) is 0 Å². The zero-order valence-electron chi connectivity index (χ0n) is 15.0. The Hall–Kier alpha value is -2.54. The van der Waals surface area contributed by atoms with Crippen molar-refractivity contribution in [2.45, 2.75) is 32.3 Å². The molecule has 2 aromatic rings. The molecule has 3 rings (SSSR count). The van der Waals surface area contributed by atoms with Crippen LogP contribution in [0.2, 0.25) is 0 Å². The zero-order valence-corrected chi connectivity index (χ0v) is 15.8. The average molecular weight is 375 g/mol. The second kappa shape index (κ2) is 7.78. The molecule has 0 saturated heterocycles. The highest BCUT2D eigenvalue weighted by molar-refractivity contribution is 7.14. The Bertz CT molecular complexity index is 786. The van der Waals surface area contributed by atoms with E-state index >= 15 is 0 Å². The van der Waals surface area contributed by atoms with Gasteiger partial charge in [0.25, 0.3) is 5.91 Å². The summed E-state index contributed by atoms with van der Waals surface area (Å²) in [6.45, 7) is 1.55. The van der Waals surface area contributed by atoms with E-state index in [0.29, 0.717) is 22.1 Å². The van der Waals surface area contributed by atoms with E-state index in [4.69, 9.17) is 14.2 Å². The third kappa shape index (κ3) is 3.99. The van der Waals surface area contributed by atoms with Gasteiger partial charge in [0.05, 0.1) is 14.2 Å². The van der Waals surface area contributed by atoms with Crippen LogP contribution in [-0.2, 0) is 22.4 Å². The quantitative estimate of drug-likeness (QED) is 0.783. The minimum Gasteiger partial charge on any atom is -0.497 e. The molecular weight excluding hydrogens is 354 g/mol. The number of carbonyl (C=O) groups excluding carboxylic acids is 2. The van der Waals surface area contributed by atoms with Crippen molar-refractivity contribution in [3.63, 3.8) is 0 Å². The molecule has 1 aliphatic carbocycles. The van der Waals surface area contributed by atoms with Crippen LogP contribution in [0.15, 0.2) is 24.3 Å². The lowest BCUT2D eigenvalue weighted by molar-refractivity contribution is -0.123. The Balaban J connectivity index is 1.63. The van der Waals surface area contributed by atoms with Gasteiger partial charge in [-0.3, -0.25) is 4.79 Å². The average Bonchev–Trinajstić information content (AvgIpc) is 3.23. The largest absolute Gasteiger partial charge is 0.497 e. The van der Waals surface area contributed by atoms with Crippen molar-refractivity contribution in [1.29, 1.82) is 0 Å². The normalized spacial score (nSPS) is 13.7. The van der Waals surface area contributed by atoms with Gasteiger partial charge in [0.1, 0.15) is 16.4 Å². The van der Waals surface area contributed by atoms with Crippen molar-refractivity contribution in [2.75, 3.05) is 19.5 Å². The van der Waals surface area contributed by atoms with Crippen molar-refractivity contribution in [3.05, 3.63) is 39.6 Å². The van der Waals surface area contributed by atoms with Gasteiger partial charge in [-0.2, -0.15) is 0 Å². The first-order valence-electron chi connectivity index (χ1n) is 8.36. The van der Waals surface area contributed by atoms with E-state index in [9.17, 15) is 9.59 Å². The van der Waals surface area contributed by atoms with E-state index < -0.39 is 18.0 Å². The molecule has 1 aliphatic rings. The summed E-state index contributed by atoms with van der Waals surface area (Å²) in [5, 5.41) is 2.71. The monoisotopic (exact) mass is 375 g/mol. The van der Waals surface area contributed by atoms with Crippen LogP contribution in [0.5, 0.6) is 11.5 Å². The minimum atomic E-state index is -0.920. The van der Waals surface area contributed by atoms with Gasteiger partial charge in [-0.15, -0.1) is 11.3 Å². The van der Waals surface area contributed by atoms with E-state index in [-0.39, 0.29) is 0 Å². The van der Waals surface area contributed by atoms with Crippen LogP contribution < -0.4 is 14.8 Å². The predicted octanol–water partition coefficient (Wildman–Crippen LogP) is 3.44. The van der Waals surface area contributed by atoms with Gasteiger partial charge in [-0.05, 0) is 37.8 Å². The summed E-state index contributed by atoms with van der Waals surface area (Å²) in [7, 11) is 3.06. The first-order chi connectivity index (χ1) is 12.5. The van der Waals surface area contributed by atoms with Gasteiger partial charge in [0.2, 0.25) is 0 Å². The molecule has 138 valence electrons. The highest BCUT2D eigenvalue weighted by atomic mass is 32.1. The third-order valence-electron chi connectivity index (χ3n) is 4.22. The van der Waals surface area contributed by atoms with Crippen LogP contribution in [0.3, 0.4) is 0 Å². The van der Waals surface area contributed by atoms with Crippen molar-refractivity contribution < 1.29 is 23.8 Å². The molecule has 0 radical (unpaired) electrons. The van der Waals surface area contributed by atoms with E-state index in [0.717, 1.165) is 19.3 Å². The number of benzene rings is 1. The number of hydrogen-bond acceptors (Lipinski definition) is 6. The van der Waals surface area contributed by atoms with E-state index in [1.165, 1.54) is 36.0 Å². The summed E-state index contributed by atoms with van der Waals surface area (Å²) < 4.78 is 15.7. The van der Waals surface area contributed by atoms with Crippen LogP contribution in [-0.4, -0.2) is 32.2 Å². The predicted molar refractivity (Wildman–Crippen MR) is 99.4 cm³/mol. The van der Waals surface area contributed by atoms with Crippen LogP contribution in [0.1, 0.15) is 33.5 Å². The number of ether oxygens (including phenoxy) is 3. The fraction of sp³-hybridized carbons (Fsp3) is 0.368. The molecule has 0 fully saturated rings. The van der Waals surface area contributed by atoms with Gasteiger partial charge in [-0.25, -0.2) is 4.79 Å². The highest BCUT2D eigenvalue weighted by Gasteiger charge is 2.23. The molecule has 26 heavy (non-hydrogen) atoms. The first kappa shape index (κ1) is 18.3. The molecule has 6 nitrogen and oxygen atoms in total. The third-order valence-corrected chi connectivity index (χ3v) is 5.44. The number of esters is 1. The van der Waals surface area contributed by atoms with E-state index in [2.05, 4.69) is 5.32 Å². The zero-order chi connectivity index (χ0) is 18.7. The summed E-state index contributed by atoms with van der Waals surface area (Å²) in [6, 6.07) is 6.92. The number of nitrogens with one attached hydrogen (secondary N) is 1. The molecule has 1 N–H and O–H groups in total. The van der Waals surface area contributed by atoms with Crippen molar-refractivity contribution in [2.24, 2.45) is 0 Å². The maximum Gasteiger partial charge on any atom is 0.349 e. The van der Waals surface area contributed by atoms with E-state index in [1.54, 1.807) is 25.1 Å². The second-order valence-corrected chi connectivity index (χ2v) is 7.19. The summed E-state index contributed by atoms with van der Waals surface area (Å²) in [6.07, 6.45) is 2.24. The molecule has 1 unspecified atom stereocenters. The summed E-state index contributed by atoms with van der Waals surface area (Å²) in [5.74, 6) is 0.225. The fourth-order valence-electron chi connectivity index (χ4n) is 2.83. The number of hydrogen-bond donors (Lipinski definition) is 1. The molecule has 0 aliphatic heterocycles. The van der Waals surface area contributed by atoms with Crippen molar-refractivity contribution >= 4 is 28.9 Å². The number of fused-ring (bicyclic) bond motifs is 1. The summed E-state index contributed by atoms with van der Waals surface area (Å²) in [5.41, 5.74) is 1.73. The Kier molecular flexibility index (Phi) is 5.46. The lowest BCUT2D eigenvalue weighted by atomic mass is 10.2. The van der Waals surface area contributed by atoms with Crippen LogP contribution in [0, 0.1) is 0 Å². The molecular formula is C19H21NO5S. The Morgan fingerprint density at radius 3 is 2.38 bits per heavy atom. The van der Waals surface area contributed by atoms with Crippen LogP contribution >= 0.6 is 11.3 Å². The van der Waals surface area contributed by atoms with Gasteiger partial charge in [0.15, 0.2) is 6.10 Å². The summed E-state index contributed by atoms with van der Waals surface area (Å²) in [4.78, 5) is 26.4. The lowest BCUT2D eigenvalue weighted by Gasteiger charge is -2.14. The smallest absolute Gasteiger partial charge is 0.349 e. The van der Waals surface area contributed by atoms with Crippen molar-refractivity contribution in [3.8, 4) is 11.5 Å². The first-order valence-corrected chi connectivity index (χ1v) is 9.18. The molecule has 1 aromatic carbocycles. The molecule has 0 saturated carbocycles. The Morgan fingerprint density at radius 2 is 1.77 bits per heavy atom. The molecule has 7 heteroatoms. The standard InChI is InChI=1S/C19H21NO5S/c1-11(25-19(22)17-7-12-5-4-6-16(12)26-17)18(21)20-13-8-14(23-2)10-15(9-13)24-3/h7-11H,4-6H2,1-3H3,(H,20,21). The SMILES string of the molecule is COc1cc(NC(=O)C(C)OC(=O)c2cc3c(s2)CCC3)cc(OC)c1. The highest BCUT2D eigenvalue weighted by Crippen LogP contribution is 2.31. The number of carbonyl (C=O) groups is 2. The maximum atomic E-state index is 12.4. The maximum absolute atomic E-state index is 12.4. The molecule has 1 atom stereocenters. The minimum absolute atomic E-state index is 0.419. The number of anilines is 1. The summed E-state index contributed by atoms with van der Waals surface area (Å²) >= 11 is 1.46. The topological polar surface area (TPSA) is 73.9 Å². The van der Waals surface area contributed by atoms with Crippen LogP contribution in [0.25, 0.3) is 0 Å². The molecule has 1 aromatic heterocycles. The Labute approximate surface area is 156 Å². The second-order valence-electron chi connectivity index (χ2n) is 6.05. The number of methoxy groups -OCH3 is 2. The van der Waals surface area contributed by atoms with Crippen LogP contribution in [0.4, 0.5) is 5.69 Å². The van der Waals surface area contributed by atoms with Gasteiger partial charge < -0.3 is 19.5 Å². The molecule has 1 heterocycles. The molecule has 0 spiro atoms. The number of rotatable bonds is 6. The number of aryl methyl sites for hydroxylation is 2. The van der Waals surface area contributed by atoms with Gasteiger partial charge in [0, 0.05) is 28.8 Å². The lowest BCUT2D eigenvalue weighted by Crippen LogP contribution is -2.29. The fourth-order valence-corrected chi connectivity index (χ4v) is 3.96. The molecule has 1 amide bonds. The van der Waals surface area contributed by atoms with Gasteiger partial charge in [-0.1, -0.05) is 0 Å².